The summed E-state index contributed by atoms with van der Waals surface area (Å²) in [6.07, 6.45) is 1.09. The van der Waals surface area contributed by atoms with Crippen molar-refractivity contribution >= 4 is 23.4 Å². The van der Waals surface area contributed by atoms with Gasteiger partial charge in [0, 0.05) is 30.8 Å². The van der Waals surface area contributed by atoms with Crippen LogP contribution in [0.3, 0.4) is 0 Å². The van der Waals surface area contributed by atoms with E-state index in [0.717, 1.165) is 10.6 Å². The van der Waals surface area contributed by atoms with Crippen LogP contribution in [0, 0.1) is 17.2 Å². The number of methoxy groups -OCH3 is 1. The molecule has 0 aromatic heterocycles. The summed E-state index contributed by atoms with van der Waals surface area (Å²) in [6.45, 7) is 3.55. The van der Waals surface area contributed by atoms with Crippen molar-refractivity contribution in [2.24, 2.45) is 5.92 Å². The molecule has 0 aliphatic carbocycles. The highest BCUT2D eigenvalue weighted by molar-refractivity contribution is 7.99. The highest BCUT2D eigenvalue weighted by atomic mass is 32.2. The predicted molar refractivity (Wildman–Crippen MR) is 92.5 cm³/mol. The number of anilines is 1. The molecule has 126 valence electrons. The first-order valence-corrected chi connectivity index (χ1v) is 8.64. The first-order chi connectivity index (χ1) is 11.2. The molecule has 23 heavy (non-hydrogen) atoms. The molecule has 1 N–H and O–H groups in total. The lowest BCUT2D eigenvalue weighted by molar-refractivity contribution is -0.116. The number of thioether (sulfide) groups is 1. The Bertz CT molecular complexity index is 517. The van der Waals surface area contributed by atoms with Crippen molar-refractivity contribution in [3.63, 3.8) is 0 Å². The van der Waals surface area contributed by atoms with E-state index in [-0.39, 0.29) is 11.8 Å². The number of amides is 1. The Balaban J connectivity index is 2.38. The lowest BCUT2D eigenvalue weighted by Crippen LogP contribution is -2.13. The minimum absolute atomic E-state index is 0.0204. The fourth-order valence-electron chi connectivity index (χ4n) is 1.74. The van der Waals surface area contributed by atoms with Gasteiger partial charge in [0.1, 0.15) is 0 Å². The predicted octanol–water partition coefficient (Wildman–Crippen LogP) is 3.32. The Hall–Kier alpha value is -1.55. The zero-order chi connectivity index (χ0) is 16.9. The Morgan fingerprint density at radius 1 is 1.35 bits per heavy atom. The van der Waals surface area contributed by atoms with Gasteiger partial charge >= 0.3 is 0 Å². The minimum atomic E-state index is -0.0262. The zero-order valence-electron chi connectivity index (χ0n) is 13.7. The number of hydrogen-bond donors (Lipinski definition) is 1. The smallest absolute Gasteiger partial charge is 0.224 e. The largest absolute Gasteiger partial charge is 0.382 e. The molecule has 6 heteroatoms. The van der Waals surface area contributed by atoms with Gasteiger partial charge in [0.05, 0.1) is 30.9 Å². The second-order valence-electron chi connectivity index (χ2n) is 5.09. The minimum Gasteiger partial charge on any atom is -0.382 e. The van der Waals surface area contributed by atoms with Gasteiger partial charge in [0.15, 0.2) is 0 Å². The van der Waals surface area contributed by atoms with Gasteiger partial charge in [0.2, 0.25) is 5.91 Å². The molecular weight excluding hydrogens is 312 g/mol. The van der Waals surface area contributed by atoms with Crippen LogP contribution in [0.4, 0.5) is 5.69 Å². The molecule has 0 unspecified atom stereocenters. The third kappa shape index (κ3) is 8.60. The summed E-state index contributed by atoms with van der Waals surface area (Å²) in [7, 11) is 1.63. The third-order valence-corrected chi connectivity index (χ3v) is 4.33. The van der Waals surface area contributed by atoms with Gasteiger partial charge < -0.3 is 14.8 Å². The molecule has 0 heterocycles. The fraction of sp³-hybridized carbons (Fsp3) is 0.529. The summed E-state index contributed by atoms with van der Waals surface area (Å²) < 4.78 is 10.2. The molecule has 0 fully saturated rings. The number of benzene rings is 1. The number of carbonyl (C=O) groups is 1. The van der Waals surface area contributed by atoms with E-state index in [4.69, 9.17) is 14.7 Å². The van der Waals surface area contributed by atoms with Crippen LogP contribution in [0.25, 0.3) is 0 Å². The number of carbonyl (C=O) groups excluding carboxylic acids is 1. The Labute approximate surface area is 142 Å². The van der Waals surface area contributed by atoms with Crippen molar-refractivity contribution in [2.45, 2.75) is 24.7 Å². The molecule has 0 aliphatic rings. The molecule has 0 spiro atoms. The van der Waals surface area contributed by atoms with Crippen LogP contribution in [0.1, 0.15) is 19.8 Å². The number of para-hydroxylation sites is 1. The van der Waals surface area contributed by atoms with Gasteiger partial charge in [0.25, 0.3) is 0 Å². The summed E-state index contributed by atoms with van der Waals surface area (Å²) in [5.41, 5.74) is 0.799. The summed E-state index contributed by atoms with van der Waals surface area (Å²) in [6, 6.07) is 9.87. The van der Waals surface area contributed by atoms with Crippen molar-refractivity contribution in [3.8, 4) is 6.07 Å². The highest BCUT2D eigenvalue weighted by Gasteiger charge is 2.08. The van der Waals surface area contributed by atoms with Crippen LogP contribution >= 0.6 is 11.8 Å². The topological polar surface area (TPSA) is 71.3 Å². The maximum Gasteiger partial charge on any atom is 0.224 e. The Morgan fingerprint density at radius 3 is 2.87 bits per heavy atom. The van der Waals surface area contributed by atoms with Gasteiger partial charge in [-0.2, -0.15) is 5.26 Å². The van der Waals surface area contributed by atoms with Gasteiger partial charge in [-0.3, -0.25) is 4.79 Å². The quantitative estimate of drug-likeness (QED) is 0.496. The molecule has 1 amide bonds. The molecule has 1 rings (SSSR count). The lowest BCUT2D eigenvalue weighted by Gasteiger charge is -2.11. The lowest BCUT2D eigenvalue weighted by atomic mass is 10.2. The SMILES string of the molecule is COCCOCCCC(=O)Nc1ccccc1SC[C@H](C)C#N. The van der Waals surface area contributed by atoms with Gasteiger partial charge in [-0.25, -0.2) is 0 Å². The number of rotatable bonds is 11. The van der Waals surface area contributed by atoms with Crippen molar-refractivity contribution < 1.29 is 14.3 Å². The third-order valence-electron chi connectivity index (χ3n) is 2.99. The monoisotopic (exact) mass is 336 g/mol. The summed E-state index contributed by atoms with van der Waals surface area (Å²) in [4.78, 5) is 13.0. The van der Waals surface area contributed by atoms with Gasteiger partial charge in [-0.05, 0) is 25.5 Å². The zero-order valence-corrected chi connectivity index (χ0v) is 14.5. The van der Waals surface area contributed by atoms with E-state index in [0.29, 0.717) is 38.4 Å². The molecule has 0 bridgehead atoms. The molecule has 1 aromatic rings. The number of nitriles is 1. The van der Waals surface area contributed by atoms with Crippen LogP contribution < -0.4 is 5.32 Å². The first-order valence-electron chi connectivity index (χ1n) is 7.65. The molecule has 0 saturated carbocycles. The molecule has 0 aliphatic heterocycles. The van der Waals surface area contributed by atoms with E-state index in [9.17, 15) is 4.79 Å². The maximum atomic E-state index is 12.0. The van der Waals surface area contributed by atoms with E-state index in [1.807, 2.05) is 31.2 Å². The van der Waals surface area contributed by atoms with Crippen LogP contribution in [-0.2, 0) is 14.3 Å². The first kappa shape index (κ1) is 19.5. The fourth-order valence-corrected chi connectivity index (χ4v) is 2.69. The van der Waals surface area contributed by atoms with E-state index in [2.05, 4.69) is 11.4 Å². The van der Waals surface area contributed by atoms with Crippen molar-refractivity contribution in [1.29, 1.82) is 5.26 Å². The van der Waals surface area contributed by atoms with Crippen molar-refractivity contribution in [3.05, 3.63) is 24.3 Å². The van der Waals surface area contributed by atoms with Gasteiger partial charge in [-0.1, -0.05) is 12.1 Å². The van der Waals surface area contributed by atoms with Crippen molar-refractivity contribution in [1.82, 2.24) is 0 Å². The standard InChI is InChI=1S/C17H24N2O3S/c1-14(12-18)13-23-16-7-4-3-6-15(16)19-17(20)8-5-9-22-11-10-21-2/h3-4,6-7,14H,5,8-11,13H2,1-2H3,(H,19,20)/t14-/m1/s1. The van der Waals surface area contributed by atoms with Crippen LogP contribution in [-0.4, -0.2) is 38.6 Å². The van der Waals surface area contributed by atoms with E-state index in [1.54, 1.807) is 18.9 Å². The molecule has 5 nitrogen and oxygen atoms in total. The van der Waals surface area contributed by atoms with Crippen LogP contribution in [0.2, 0.25) is 0 Å². The summed E-state index contributed by atoms with van der Waals surface area (Å²) in [5, 5.41) is 11.8. The number of ether oxygens (including phenoxy) is 2. The average Bonchev–Trinajstić information content (AvgIpc) is 2.57. The average molecular weight is 336 g/mol. The Kier molecular flexibility index (Phi) is 10.1. The molecule has 1 aromatic carbocycles. The highest BCUT2D eigenvalue weighted by Crippen LogP contribution is 2.28. The van der Waals surface area contributed by atoms with E-state index < -0.39 is 0 Å². The number of hydrogen-bond acceptors (Lipinski definition) is 5. The van der Waals surface area contributed by atoms with Crippen LogP contribution in [0.15, 0.2) is 29.2 Å². The molecular formula is C17H24N2O3S. The number of nitrogens with one attached hydrogen (secondary N) is 1. The maximum absolute atomic E-state index is 12.0. The summed E-state index contributed by atoms with van der Waals surface area (Å²) >= 11 is 1.58. The Morgan fingerprint density at radius 2 is 2.13 bits per heavy atom. The van der Waals surface area contributed by atoms with E-state index >= 15 is 0 Å². The normalized spacial score (nSPS) is 11.7. The van der Waals surface area contributed by atoms with Crippen LogP contribution in [0.5, 0.6) is 0 Å². The molecule has 0 saturated heterocycles. The molecule has 0 radical (unpaired) electrons. The summed E-state index contributed by atoms with van der Waals surface area (Å²) in [5.74, 6) is 0.659. The second kappa shape index (κ2) is 11.9. The van der Waals surface area contributed by atoms with Crippen molar-refractivity contribution in [2.75, 3.05) is 38.0 Å². The molecule has 1 atom stereocenters. The van der Waals surface area contributed by atoms with E-state index in [1.165, 1.54) is 0 Å². The second-order valence-corrected chi connectivity index (χ2v) is 6.16. The number of nitrogens with zero attached hydrogens (tertiary/aromatic N) is 1. The van der Waals surface area contributed by atoms with Gasteiger partial charge in [-0.15, -0.1) is 11.8 Å².